The van der Waals surface area contributed by atoms with E-state index in [9.17, 15) is 22.8 Å². The number of aromatic nitrogens is 2. The van der Waals surface area contributed by atoms with Crippen LogP contribution in [-0.2, 0) is 19.1 Å². The van der Waals surface area contributed by atoms with Gasteiger partial charge in [-0.05, 0) is 32.0 Å². The molecule has 0 saturated heterocycles. The van der Waals surface area contributed by atoms with E-state index in [-0.39, 0.29) is 11.9 Å². The number of alkyl halides is 3. The van der Waals surface area contributed by atoms with Crippen LogP contribution in [0.4, 0.5) is 34.5 Å². The van der Waals surface area contributed by atoms with E-state index in [2.05, 4.69) is 25.9 Å². The Hall–Kier alpha value is -3.67. The standard InChI is InChI=1S/C23H23F3N6O2S/c1-13(2)28-20(33)16-5-3-4-6-17(16)29-21(34)31-22-30-18-7-8-32(12-19(18)35-22)15-9-14(10-27-11-15)23(24,25)26/h3-6,9-11,13H,7-8,12H2,1-2H3,(H,28,33)(H2,29,30,31,34). The molecule has 1 aliphatic rings. The Morgan fingerprint density at radius 2 is 1.91 bits per heavy atom. The van der Waals surface area contributed by atoms with Crippen LogP contribution in [0.1, 0.15) is 40.3 Å². The minimum atomic E-state index is -4.47. The molecule has 1 aliphatic heterocycles. The Bertz CT molecular complexity index is 1240. The van der Waals surface area contributed by atoms with Crippen LogP contribution >= 0.6 is 11.3 Å². The average Bonchev–Trinajstić information content (AvgIpc) is 3.19. The van der Waals surface area contributed by atoms with Gasteiger partial charge in [-0.25, -0.2) is 9.78 Å². The number of nitrogens with one attached hydrogen (secondary N) is 3. The molecule has 0 spiro atoms. The van der Waals surface area contributed by atoms with Crippen LogP contribution in [0, 0.1) is 0 Å². The predicted molar refractivity (Wildman–Crippen MR) is 128 cm³/mol. The predicted octanol–water partition coefficient (Wildman–Crippen LogP) is 4.90. The highest BCUT2D eigenvalue weighted by Crippen LogP contribution is 2.34. The second-order valence-electron chi connectivity index (χ2n) is 8.24. The van der Waals surface area contributed by atoms with E-state index in [0.29, 0.717) is 41.6 Å². The van der Waals surface area contributed by atoms with Crippen LogP contribution in [0.15, 0.2) is 42.7 Å². The summed E-state index contributed by atoms with van der Waals surface area (Å²) in [7, 11) is 0. The van der Waals surface area contributed by atoms with Gasteiger partial charge in [0.15, 0.2) is 5.13 Å². The zero-order chi connectivity index (χ0) is 25.2. The molecule has 0 atom stereocenters. The van der Waals surface area contributed by atoms with Crippen LogP contribution in [0.2, 0.25) is 0 Å². The van der Waals surface area contributed by atoms with Crippen molar-refractivity contribution in [3.63, 3.8) is 0 Å². The normalized spacial score (nSPS) is 13.4. The maximum atomic E-state index is 13.0. The van der Waals surface area contributed by atoms with Crippen molar-refractivity contribution in [3.8, 4) is 0 Å². The molecule has 184 valence electrons. The van der Waals surface area contributed by atoms with Gasteiger partial charge in [0, 0.05) is 30.1 Å². The molecule has 3 N–H and O–H groups in total. The van der Waals surface area contributed by atoms with Gasteiger partial charge in [0.25, 0.3) is 5.91 Å². The maximum Gasteiger partial charge on any atom is 0.417 e. The summed E-state index contributed by atoms with van der Waals surface area (Å²) in [6.45, 7) is 4.52. The Balaban J connectivity index is 1.43. The lowest BCUT2D eigenvalue weighted by atomic mass is 10.1. The van der Waals surface area contributed by atoms with Crippen molar-refractivity contribution in [3.05, 3.63) is 64.4 Å². The Labute approximate surface area is 203 Å². The fraction of sp³-hybridized carbons (Fsp3) is 0.304. The van der Waals surface area contributed by atoms with Crippen molar-refractivity contribution in [2.24, 2.45) is 0 Å². The van der Waals surface area contributed by atoms with E-state index in [1.165, 1.54) is 17.5 Å². The highest BCUT2D eigenvalue weighted by molar-refractivity contribution is 7.15. The van der Waals surface area contributed by atoms with E-state index in [0.717, 1.165) is 22.8 Å². The van der Waals surface area contributed by atoms with Crippen molar-refractivity contribution in [1.82, 2.24) is 15.3 Å². The zero-order valence-electron chi connectivity index (χ0n) is 18.9. The van der Waals surface area contributed by atoms with Crippen molar-refractivity contribution < 1.29 is 22.8 Å². The third kappa shape index (κ3) is 5.88. The molecule has 3 aromatic rings. The van der Waals surface area contributed by atoms with Gasteiger partial charge in [-0.3, -0.25) is 15.1 Å². The van der Waals surface area contributed by atoms with Crippen LogP contribution < -0.4 is 20.9 Å². The van der Waals surface area contributed by atoms with Gasteiger partial charge in [0.1, 0.15) is 0 Å². The topological polar surface area (TPSA) is 99.2 Å². The number of hydrogen-bond acceptors (Lipinski definition) is 6. The number of carbonyl (C=O) groups is 2. The molecule has 3 heterocycles. The summed E-state index contributed by atoms with van der Waals surface area (Å²) < 4.78 is 39.1. The molecule has 0 fully saturated rings. The summed E-state index contributed by atoms with van der Waals surface area (Å²) >= 11 is 1.25. The molecular formula is C23H23F3N6O2S. The molecule has 12 heteroatoms. The van der Waals surface area contributed by atoms with Crippen LogP contribution in [0.5, 0.6) is 0 Å². The van der Waals surface area contributed by atoms with Gasteiger partial charge in [-0.1, -0.05) is 23.5 Å². The maximum absolute atomic E-state index is 13.0. The quantitative estimate of drug-likeness (QED) is 0.459. The van der Waals surface area contributed by atoms with Gasteiger partial charge >= 0.3 is 12.2 Å². The summed E-state index contributed by atoms with van der Waals surface area (Å²) in [6, 6.07) is 7.13. The van der Waals surface area contributed by atoms with E-state index >= 15 is 0 Å². The number of urea groups is 1. The molecule has 1 aromatic carbocycles. The van der Waals surface area contributed by atoms with Crippen LogP contribution in [0.3, 0.4) is 0 Å². The van der Waals surface area contributed by atoms with Crippen molar-refractivity contribution in [1.29, 1.82) is 0 Å². The minimum absolute atomic E-state index is 0.0581. The number of carbonyl (C=O) groups excluding carboxylic acids is 2. The molecule has 35 heavy (non-hydrogen) atoms. The Morgan fingerprint density at radius 3 is 2.66 bits per heavy atom. The van der Waals surface area contributed by atoms with Crippen molar-refractivity contribution in [2.75, 3.05) is 22.1 Å². The largest absolute Gasteiger partial charge is 0.417 e. The molecule has 0 unspecified atom stereocenters. The second kappa shape index (κ2) is 9.90. The Morgan fingerprint density at radius 1 is 1.14 bits per heavy atom. The minimum Gasteiger partial charge on any atom is -0.365 e. The second-order valence-corrected chi connectivity index (χ2v) is 9.33. The SMILES string of the molecule is CC(C)NC(=O)c1ccccc1NC(=O)Nc1nc2c(s1)CN(c1cncc(C(F)(F)F)c1)CC2. The number of nitrogens with zero attached hydrogens (tertiary/aromatic N) is 3. The summed E-state index contributed by atoms with van der Waals surface area (Å²) in [5.41, 5.74) is 1.06. The van der Waals surface area contributed by atoms with Crippen molar-refractivity contribution in [2.45, 2.75) is 39.0 Å². The number of anilines is 3. The van der Waals surface area contributed by atoms with Gasteiger partial charge in [0.2, 0.25) is 0 Å². The van der Waals surface area contributed by atoms with Crippen LogP contribution in [0.25, 0.3) is 0 Å². The molecular weight excluding hydrogens is 481 g/mol. The lowest BCUT2D eigenvalue weighted by molar-refractivity contribution is -0.137. The molecule has 2 aromatic heterocycles. The number of para-hydroxylation sites is 1. The third-order valence-electron chi connectivity index (χ3n) is 5.21. The number of rotatable bonds is 5. The highest BCUT2D eigenvalue weighted by Gasteiger charge is 2.32. The van der Waals surface area contributed by atoms with E-state index in [1.54, 1.807) is 29.2 Å². The molecule has 0 aliphatic carbocycles. The number of pyridine rings is 1. The number of thiazole rings is 1. The summed E-state index contributed by atoms with van der Waals surface area (Å²) in [4.78, 5) is 35.8. The number of benzene rings is 1. The number of amides is 3. The Kier molecular flexibility index (Phi) is 6.92. The van der Waals surface area contributed by atoms with Gasteiger partial charge < -0.3 is 15.5 Å². The average molecular weight is 505 g/mol. The van der Waals surface area contributed by atoms with Gasteiger partial charge in [0.05, 0.1) is 40.9 Å². The monoisotopic (exact) mass is 504 g/mol. The third-order valence-corrected chi connectivity index (χ3v) is 6.21. The number of hydrogen-bond donors (Lipinski definition) is 3. The molecule has 0 bridgehead atoms. The molecule has 3 amide bonds. The number of halogens is 3. The van der Waals surface area contributed by atoms with E-state index < -0.39 is 17.8 Å². The lowest BCUT2D eigenvalue weighted by Gasteiger charge is -2.28. The molecule has 0 radical (unpaired) electrons. The zero-order valence-corrected chi connectivity index (χ0v) is 19.8. The highest BCUT2D eigenvalue weighted by atomic mass is 32.1. The number of fused-ring (bicyclic) bond motifs is 1. The smallest absolute Gasteiger partial charge is 0.365 e. The molecule has 8 nitrogen and oxygen atoms in total. The summed E-state index contributed by atoms with van der Waals surface area (Å²) in [5.74, 6) is -0.301. The van der Waals surface area contributed by atoms with Crippen LogP contribution in [-0.4, -0.2) is 34.5 Å². The molecule has 0 saturated carbocycles. The fourth-order valence-electron chi connectivity index (χ4n) is 3.61. The van der Waals surface area contributed by atoms with E-state index in [1.807, 2.05) is 13.8 Å². The summed E-state index contributed by atoms with van der Waals surface area (Å²) in [6.07, 6.45) is -1.74. The lowest BCUT2D eigenvalue weighted by Crippen LogP contribution is -2.31. The fourth-order valence-corrected chi connectivity index (χ4v) is 4.62. The van der Waals surface area contributed by atoms with Gasteiger partial charge in [-0.15, -0.1) is 0 Å². The first kappa shape index (κ1) is 24.5. The van der Waals surface area contributed by atoms with E-state index in [4.69, 9.17) is 0 Å². The van der Waals surface area contributed by atoms with Gasteiger partial charge in [-0.2, -0.15) is 13.2 Å². The summed E-state index contributed by atoms with van der Waals surface area (Å²) in [5, 5.41) is 8.52. The van der Waals surface area contributed by atoms with Crippen molar-refractivity contribution >= 4 is 39.8 Å². The first-order chi connectivity index (χ1) is 16.6. The first-order valence-corrected chi connectivity index (χ1v) is 11.7. The first-order valence-electron chi connectivity index (χ1n) is 10.8. The molecule has 4 rings (SSSR count).